The van der Waals surface area contributed by atoms with Gasteiger partial charge in [-0.15, -0.1) is 11.3 Å². The van der Waals surface area contributed by atoms with Crippen LogP contribution in [0.3, 0.4) is 0 Å². The van der Waals surface area contributed by atoms with Gasteiger partial charge >= 0.3 is 0 Å². The first kappa shape index (κ1) is 9.79. The van der Waals surface area contributed by atoms with Crippen LogP contribution in [0.5, 0.6) is 0 Å². The van der Waals surface area contributed by atoms with Crippen molar-refractivity contribution in [2.45, 2.75) is 0 Å². The zero-order chi connectivity index (χ0) is 12.3. The van der Waals surface area contributed by atoms with E-state index in [2.05, 4.69) is 6.07 Å². The predicted molar refractivity (Wildman–Crippen MR) is 74.7 cm³/mol. The van der Waals surface area contributed by atoms with E-state index in [1.807, 2.05) is 30.3 Å². The van der Waals surface area contributed by atoms with Crippen LogP contribution in [-0.2, 0) is 0 Å². The number of non-ortho nitro benzene ring substituents is 1. The van der Waals surface area contributed by atoms with Gasteiger partial charge in [0.1, 0.15) is 4.70 Å². The average molecular weight is 253 g/mol. The number of benzene rings is 3. The number of hydrogen-bond donors (Lipinski definition) is 0. The van der Waals surface area contributed by atoms with Crippen molar-refractivity contribution in [1.82, 2.24) is 0 Å². The Morgan fingerprint density at radius 3 is 2.44 bits per heavy atom. The summed E-state index contributed by atoms with van der Waals surface area (Å²) in [5.41, 5.74) is 0.205. The molecule has 0 fully saturated rings. The standard InChI is InChI=1S/C14H7NO2S/c16-15(17)10-7-6-9-5-4-8-2-1-3-11-12(8)13(9)14(10)18-11/h1-7H. The third kappa shape index (κ3) is 1.08. The fourth-order valence-electron chi connectivity index (χ4n) is 2.56. The molecule has 0 N–H and O–H groups in total. The molecule has 3 nitrogen and oxygen atoms in total. The SMILES string of the molecule is O=[N+]([O-])c1ccc2ccc3cccc4sc1c2c34. The van der Waals surface area contributed by atoms with Gasteiger partial charge in [-0.1, -0.05) is 24.3 Å². The summed E-state index contributed by atoms with van der Waals surface area (Å²) in [5.74, 6) is 0. The number of nitro groups is 1. The van der Waals surface area contributed by atoms with Crippen molar-refractivity contribution in [2.24, 2.45) is 0 Å². The van der Waals surface area contributed by atoms with Crippen LogP contribution >= 0.6 is 11.3 Å². The van der Waals surface area contributed by atoms with Crippen LogP contribution in [0.15, 0.2) is 42.5 Å². The summed E-state index contributed by atoms with van der Waals surface area (Å²) in [4.78, 5) is 10.8. The van der Waals surface area contributed by atoms with Crippen LogP contribution < -0.4 is 0 Å². The Labute approximate surface area is 106 Å². The molecule has 4 aromatic rings. The largest absolute Gasteiger partial charge is 0.287 e. The highest BCUT2D eigenvalue weighted by Crippen LogP contribution is 2.44. The Balaban J connectivity index is 2.39. The van der Waals surface area contributed by atoms with Gasteiger partial charge in [-0.25, -0.2) is 0 Å². The normalized spacial score (nSPS) is 11.8. The van der Waals surface area contributed by atoms with Crippen molar-refractivity contribution < 1.29 is 4.92 Å². The molecule has 3 aromatic carbocycles. The summed E-state index contributed by atoms with van der Waals surface area (Å²) >= 11 is 1.50. The minimum absolute atomic E-state index is 0.205. The van der Waals surface area contributed by atoms with Gasteiger partial charge in [-0.05, 0) is 22.9 Å². The number of rotatable bonds is 1. The molecular weight excluding hydrogens is 246 g/mol. The van der Waals surface area contributed by atoms with Gasteiger partial charge in [0.15, 0.2) is 0 Å². The van der Waals surface area contributed by atoms with Gasteiger partial charge in [0.2, 0.25) is 0 Å². The minimum Gasteiger partial charge on any atom is -0.258 e. The van der Waals surface area contributed by atoms with Gasteiger partial charge in [0, 0.05) is 21.5 Å². The van der Waals surface area contributed by atoms with E-state index in [-0.39, 0.29) is 10.6 Å². The molecular formula is C14H7NO2S. The van der Waals surface area contributed by atoms with Crippen molar-refractivity contribution >= 4 is 48.0 Å². The molecule has 18 heavy (non-hydrogen) atoms. The molecule has 0 unspecified atom stereocenters. The van der Waals surface area contributed by atoms with E-state index in [4.69, 9.17) is 0 Å². The lowest BCUT2D eigenvalue weighted by Gasteiger charge is -2.01. The summed E-state index contributed by atoms with van der Waals surface area (Å²) in [5, 5.41) is 15.5. The molecule has 1 heterocycles. The van der Waals surface area contributed by atoms with Gasteiger partial charge < -0.3 is 0 Å². The molecule has 0 radical (unpaired) electrons. The highest BCUT2D eigenvalue weighted by atomic mass is 32.1. The van der Waals surface area contributed by atoms with E-state index in [1.165, 1.54) is 11.3 Å². The highest BCUT2D eigenvalue weighted by Gasteiger charge is 2.19. The zero-order valence-electron chi connectivity index (χ0n) is 9.21. The van der Waals surface area contributed by atoms with Gasteiger partial charge in [0.05, 0.1) is 4.92 Å². The molecule has 0 spiro atoms. The number of nitrogens with zero attached hydrogens (tertiary/aromatic N) is 1. The first-order valence-electron chi connectivity index (χ1n) is 5.56. The highest BCUT2D eigenvalue weighted by molar-refractivity contribution is 7.26. The lowest BCUT2D eigenvalue weighted by atomic mass is 10.0. The van der Waals surface area contributed by atoms with Crippen LogP contribution in [0.1, 0.15) is 0 Å². The molecule has 86 valence electrons. The molecule has 0 saturated heterocycles. The Kier molecular flexibility index (Phi) is 1.73. The van der Waals surface area contributed by atoms with E-state index in [0.29, 0.717) is 0 Å². The molecule has 0 amide bonds. The first-order valence-corrected chi connectivity index (χ1v) is 6.38. The molecule has 0 atom stereocenters. The number of thiophene rings is 1. The van der Waals surface area contributed by atoms with Crippen molar-refractivity contribution in [2.75, 3.05) is 0 Å². The smallest absolute Gasteiger partial charge is 0.258 e. The lowest BCUT2D eigenvalue weighted by molar-refractivity contribution is -0.382. The van der Waals surface area contributed by atoms with Crippen LogP contribution in [-0.4, -0.2) is 4.92 Å². The van der Waals surface area contributed by atoms with Crippen LogP contribution in [0, 0.1) is 10.1 Å². The molecule has 0 aliphatic heterocycles. The van der Waals surface area contributed by atoms with Crippen LogP contribution in [0.2, 0.25) is 0 Å². The predicted octanol–water partition coefficient (Wildman–Crippen LogP) is 4.55. The maximum atomic E-state index is 11.1. The van der Waals surface area contributed by atoms with E-state index >= 15 is 0 Å². The quantitative estimate of drug-likeness (QED) is 0.283. The van der Waals surface area contributed by atoms with E-state index in [0.717, 1.165) is 30.9 Å². The second-order valence-corrected chi connectivity index (χ2v) is 5.34. The topological polar surface area (TPSA) is 43.1 Å². The monoisotopic (exact) mass is 253 g/mol. The summed E-state index contributed by atoms with van der Waals surface area (Å²) in [7, 11) is 0. The van der Waals surface area contributed by atoms with Crippen molar-refractivity contribution in [3.63, 3.8) is 0 Å². The van der Waals surface area contributed by atoms with E-state index < -0.39 is 0 Å². The Morgan fingerprint density at radius 1 is 0.944 bits per heavy atom. The second-order valence-electron chi connectivity index (χ2n) is 4.29. The third-order valence-electron chi connectivity index (χ3n) is 3.33. The maximum absolute atomic E-state index is 11.1. The first-order chi connectivity index (χ1) is 8.75. The maximum Gasteiger partial charge on any atom is 0.287 e. The summed E-state index contributed by atoms with van der Waals surface area (Å²) in [6.45, 7) is 0. The average Bonchev–Trinajstić information content (AvgIpc) is 2.76. The molecule has 1 aromatic heterocycles. The minimum atomic E-state index is -0.299. The molecule has 4 rings (SSSR count). The molecule has 0 saturated carbocycles. The van der Waals surface area contributed by atoms with Crippen molar-refractivity contribution in [3.8, 4) is 0 Å². The van der Waals surface area contributed by atoms with Crippen molar-refractivity contribution in [3.05, 3.63) is 52.6 Å². The summed E-state index contributed by atoms with van der Waals surface area (Å²) in [6.07, 6.45) is 0. The third-order valence-corrected chi connectivity index (χ3v) is 4.51. The van der Waals surface area contributed by atoms with Crippen molar-refractivity contribution in [1.29, 1.82) is 0 Å². The van der Waals surface area contributed by atoms with Crippen LogP contribution in [0.4, 0.5) is 5.69 Å². The zero-order valence-corrected chi connectivity index (χ0v) is 10.0. The van der Waals surface area contributed by atoms with E-state index in [9.17, 15) is 10.1 Å². The lowest BCUT2D eigenvalue weighted by Crippen LogP contribution is -1.87. The van der Waals surface area contributed by atoms with E-state index in [1.54, 1.807) is 6.07 Å². The summed E-state index contributed by atoms with van der Waals surface area (Å²) < 4.78 is 1.90. The number of nitro benzene ring substituents is 1. The molecule has 4 heteroatoms. The number of hydrogen-bond acceptors (Lipinski definition) is 3. The Bertz CT molecular complexity index is 910. The fourth-order valence-corrected chi connectivity index (χ4v) is 3.82. The van der Waals surface area contributed by atoms with Crippen LogP contribution in [0.25, 0.3) is 30.9 Å². The molecule has 0 aliphatic carbocycles. The van der Waals surface area contributed by atoms with Gasteiger partial charge in [0.25, 0.3) is 5.69 Å². The van der Waals surface area contributed by atoms with Gasteiger partial charge in [-0.2, -0.15) is 0 Å². The molecule has 0 aliphatic rings. The second kappa shape index (κ2) is 3.17. The fraction of sp³-hybridized carbons (Fsp3) is 0. The Hall–Kier alpha value is -2.20. The molecule has 0 bridgehead atoms. The van der Waals surface area contributed by atoms with Gasteiger partial charge in [-0.3, -0.25) is 10.1 Å². The summed E-state index contributed by atoms with van der Waals surface area (Å²) in [6, 6.07) is 13.6. The Morgan fingerprint density at radius 2 is 1.67 bits per heavy atom.